The molecule has 2 aromatic rings. The summed E-state index contributed by atoms with van der Waals surface area (Å²) >= 11 is 0. The van der Waals surface area contributed by atoms with E-state index in [0.29, 0.717) is 11.8 Å². The van der Waals surface area contributed by atoms with Gasteiger partial charge in [-0.1, -0.05) is 6.07 Å². The number of carboxylic acid groups (broad SMARTS) is 1. The second-order valence-electron chi connectivity index (χ2n) is 3.89. The van der Waals surface area contributed by atoms with Gasteiger partial charge in [-0.05, 0) is 18.2 Å². The Kier molecular flexibility index (Phi) is 3.90. The summed E-state index contributed by atoms with van der Waals surface area (Å²) in [5.41, 5.74) is 0.875. The number of carbonyl (C=O) groups is 2. The Hall–Kier alpha value is -2.96. The number of hydrogen-bond donors (Lipinski definition) is 2. The van der Waals surface area contributed by atoms with E-state index in [1.54, 1.807) is 18.3 Å². The molecule has 0 spiro atoms. The van der Waals surface area contributed by atoms with E-state index >= 15 is 0 Å². The van der Waals surface area contributed by atoms with Crippen molar-refractivity contribution in [3.05, 3.63) is 59.9 Å². The summed E-state index contributed by atoms with van der Waals surface area (Å²) < 4.78 is 1.39. The molecule has 0 unspecified atom stereocenters. The SMILES string of the molecule is O=C(O)C(O)=CC(=O)c1ccnn1Cc1ccccn1. The lowest BCUT2D eigenvalue weighted by atomic mass is 10.2. The monoisotopic (exact) mass is 273 g/mol. The van der Waals surface area contributed by atoms with E-state index in [-0.39, 0.29) is 12.2 Å². The van der Waals surface area contributed by atoms with Crippen molar-refractivity contribution in [1.29, 1.82) is 0 Å². The molecule has 2 N–H and O–H groups in total. The van der Waals surface area contributed by atoms with E-state index in [9.17, 15) is 9.59 Å². The normalized spacial score (nSPS) is 11.3. The van der Waals surface area contributed by atoms with Crippen LogP contribution >= 0.6 is 0 Å². The van der Waals surface area contributed by atoms with Crippen LogP contribution in [0.25, 0.3) is 0 Å². The van der Waals surface area contributed by atoms with E-state index in [0.717, 1.165) is 0 Å². The van der Waals surface area contributed by atoms with Crippen molar-refractivity contribution in [1.82, 2.24) is 14.8 Å². The summed E-state index contributed by atoms with van der Waals surface area (Å²) in [6.07, 6.45) is 3.69. The maximum Gasteiger partial charge on any atom is 0.371 e. The van der Waals surface area contributed by atoms with E-state index < -0.39 is 17.5 Å². The molecule has 0 radical (unpaired) electrons. The number of rotatable bonds is 5. The first-order chi connectivity index (χ1) is 9.58. The molecule has 7 heteroatoms. The van der Waals surface area contributed by atoms with Gasteiger partial charge in [0.25, 0.3) is 0 Å². The fourth-order valence-corrected chi connectivity index (χ4v) is 1.57. The number of nitrogens with zero attached hydrogens (tertiary/aromatic N) is 3. The highest BCUT2D eigenvalue weighted by Gasteiger charge is 2.14. The van der Waals surface area contributed by atoms with Crippen molar-refractivity contribution < 1.29 is 19.8 Å². The minimum absolute atomic E-state index is 0.170. The number of aliphatic hydroxyl groups is 1. The predicted molar refractivity (Wildman–Crippen MR) is 68.2 cm³/mol. The second-order valence-corrected chi connectivity index (χ2v) is 3.89. The summed E-state index contributed by atoms with van der Waals surface area (Å²) in [5.74, 6) is -3.21. The molecule has 0 aliphatic heterocycles. The van der Waals surface area contributed by atoms with Gasteiger partial charge in [0.2, 0.25) is 11.5 Å². The highest BCUT2D eigenvalue weighted by molar-refractivity contribution is 6.06. The van der Waals surface area contributed by atoms with Crippen LogP contribution in [0, 0.1) is 0 Å². The summed E-state index contributed by atoms with van der Waals surface area (Å²) in [6, 6.07) is 6.80. The van der Waals surface area contributed by atoms with Crippen LogP contribution in [0.2, 0.25) is 0 Å². The van der Waals surface area contributed by atoms with Crippen molar-refractivity contribution in [2.75, 3.05) is 0 Å². The third-order valence-corrected chi connectivity index (χ3v) is 2.49. The average Bonchev–Trinajstić information content (AvgIpc) is 2.88. The zero-order valence-electron chi connectivity index (χ0n) is 10.3. The Labute approximate surface area is 113 Å². The molecule has 0 saturated heterocycles. The largest absolute Gasteiger partial charge is 0.502 e. The van der Waals surface area contributed by atoms with Gasteiger partial charge in [-0.15, -0.1) is 0 Å². The lowest BCUT2D eigenvalue weighted by molar-refractivity contribution is -0.135. The van der Waals surface area contributed by atoms with Crippen LogP contribution in [0.3, 0.4) is 0 Å². The highest BCUT2D eigenvalue weighted by atomic mass is 16.4. The lowest BCUT2D eigenvalue weighted by Gasteiger charge is -2.04. The fraction of sp³-hybridized carbons (Fsp3) is 0.0769. The van der Waals surface area contributed by atoms with Gasteiger partial charge in [-0.3, -0.25) is 14.5 Å². The number of carbonyl (C=O) groups excluding carboxylic acids is 1. The molecule has 2 aromatic heterocycles. The Morgan fingerprint density at radius 2 is 2.00 bits per heavy atom. The van der Waals surface area contributed by atoms with Crippen molar-refractivity contribution in [3.8, 4) is 0 Å². The standard InChI is InChI=1S/C13H11N3O4/c17-11(7-12(18)13(19)20)10-4-6-15-16(10)8-9-3-1-2-5-14-9/h1-7,18H,8H2,(H,19,20). The first-order valence-corrected chi connectivity index (χ1v) is 5.68. The molecule has 7 nitrogen and oxygen atoms in total. The first-order valence-electron chi connectivity index (χ1n) is 5.68. The molecule has 20 heavy (non-hydrogen) atoms. The zero-order valence-corrected chi connectivity index (χ0v) is 10.3. The van der Waals surface area contributed by atoms with Crippen molar-refractivity contribution >= 4 is 11.8 Å². The molecule has 0 saturated carbocycles. The van der Waals surface area contributed by atoms with Gasteiger partial charge in [0.05, 0.1) is 12.2 Å². The number of ketones is 1. The summed E-state index contributed by atoms with van der Waals surface area (Å²) in [5, 5.41) is 21.6. The van der Waals surface area contributed by atoms with Crippen LogP contribution in [-0.2, 0) is 11.3 Å². The molecule has 2 rings (SSSR count). The van der Waals surface area contributed by atoms with Gasteiger partial charge in [0.15, 0.2) is 0 Å². The first kappa shape index (κ1) is 13.5. The molecule has 0 aliphatic rings. The Balaban J connectivity index is 2.23. The molecule has 0 amide bonds. The molecular formula is C13H11N3O4. The van der Waals surface area contributed by atoms with Gasteiger partial charge >= 0.3 is 5.97 Å². The van der Waals surface area contributed by atoms with Crippen LogP contribution < -0.4 is 0 Å². The number of allylic oxidation sites excluding steroid dienone is 1. The van der Waals surface area contributed by atoms with E-state index in [2.05, 4.69) is 10.1 Å². The number of pyridine rings is 1. The minimum Gasteiger partial charge on any atom is -0.502 e. The molecule has 0 fully saturated rings. The Bertz CT molecular complexity index is 661. The van der Waals surface area contributed by atoms with Gasteiger partial charge in [0.1, 0.15) is 5.69 Å². The van der Waals surface area contributed by atoms with Gasteiger partial charge < -0.3 is 10.2 Å². The number of aromatic nitrogens is 3. The number of carboxylic acids is 1. The predicted octanol–water partition coefficient (Wildman–Crippen LogP) is 1.04. The van der Waals surface area contributed by atoms with Crippen LogP contribution in [0.4, 0.5) is 0 Å². The van der Waals surface area contributed by atoms with Crippen molar-refractivity contribution in [2.45, 2.75) is 6.54 Å². The quantitative estimate of drug-likeness (QED) is 0.479. The maximum absolute atomic E-state index is 11.9. The van der Waals surface area contributed by atoms with Crippen LogP contribution in [-0.4, -0.2) is 36.7 Å². The average molecular weight is 273 g/mol. The number of hydrogen-bond acceptors (Lipinski definition) is 5. The summed E-state index contributed by atoms with van der Waals surface area (Å²) in [4.78, 5) is 26.4. The van der Waals surface area contributed by atoms with Gasteiger partial charge in [-0.2, -0.15) is 5.10 Å². The molecule has 2 heterocycles. The number of aliphatic hydroxyl groups excluding tert-OH is 1. The Morgan fingerprint density at radius 1 is 1.20 bits per heavy atom. The molecular weight excluding hydrogens is 262 g/mol. The van der Waals surface area contributed by atoms with Crippen molar-refractivity contribution in [3.63, 3.8) is 0 Å². The van der Waals surface area contributed by atoms with Gasteiger partial charge in [0, 0.05) is 18.5 Å². The lowest BCUT2D eigenvalue weighted by Crippen LogP contribution is -2.12. The second kappa shape index (κ2) is 5.79. The smallest absolute Gasteiger partial charge is 0.371 e. The molecule has 0 atom stereocenters. The molecule has 102 valence electrons. The number of aliphatic carboxylic acids is 1. The zero-order chi connectivity index (χ0) is 14.5. The summed E-state index contributed by atoms with van der Waals surface area (Å²) in [7, 11) is 0. The van der Waals surface area contributed by atoms with Crippen LogP contribution in [0.15, 0.2) is 48.5 Å². The molecule has 0 bridgehead atoms. The highest BCUT2D eigenvalue weighted by Crippen LogP contribution is 2.06. The van der Waals surface area contributed by atoms with Crippen LogP contribution in [0.1, 0.15) is 16.2 Å². The van der Waals surface area contributed by atoms with E-state index in [4.69, 9.17) is 10.2 Å². The Morgan fingerprint density at radius 3 is 2.65 bits per heavy atom. The summed E-state index contributed by atoms with van der Waals surface area (Å²) in [6.45, 7) is 0.274. The third-order valence-electron chi connectivity index (χ3n) is 2.49. The molecule has 0 aliphatic carbocycles. The molecule has 0 aromatic carbocycles. The topological polar surface area (TPSA) is 105 Å². The minimum atomic E-state index is -1.56. The maximum atomic E-state index is 11.9. The van der Waals surface area contributed by atoms with Gasteiger partial charge in [-0.25, -0.2) is 4.79 Å². The van der Waals surface area contributed by atoms with Crippen molar-refractivity contribution in [2.24, 2.45) is 0 Å². The van der Waals surface area contributed by atoms with E-state index in [1.165, 1.54) is 16.9 Å². The van der Waals surface area contributed by atoms with E-state index in [1.807, 2.05) is 6.07 Å². The third kappa shape index (κ3) is 3.08. The van der Waals surface area contributed by atoms with Crippen LogP contribution in [0.5, 0.6) is 0 Å². The fourth-order valence-electron chi connectivity index (χ4n) is 1.57.